The highest BCUT2D eigenvalue weighted by molar-refractivity contribution is 5.84. The van der Waals surface area contributed by atoms with Gasteiger partial charge in [-0.05, 0) is 20.8 Å². The zero-order chi connectivity index (χ0) is 11.1. The van der Waals surface area contributed by atoms with Crippen LogP contribution in [0.3, 0.4) is 0 Å². The van der Waals surface area contributed by atoms with E-state index in [2.05, 4.69) is 0 Å². The number of hydrogen-bond acceptors (Lipinski definition) is 4. The van der Waals surface area contributed by atoms with Gasteiger partial charge in [-0.3, -0.25) is 0 Å². The quantitative estimate of drug-likeness (QED) is 0.513. The Morgan fingerprint density at radius 3 is 2.93 bits per heavy atom. The van der Waals surface area contributed by atoms with E-state index >= 15 is 0 Å². The number of ether oxygens (including phenoxy) is 3. The predicted octanol–water partition coefficient (Wildman–Crippen LogP) is 1.28. The van der Waals surface area contributed by atoms with Gasteiger partial charge >= 0.3 is 5.97 Å². The van der Waals surface area contributed by atoms with Crippen molar-refractivity contribution in [1.29, 1.82) is 0 Å². The van der Waals surface area contributed by atoms with Crippen molar-refractivity contribution < 1.29 is 19.0 Å². The fourth-order valence-electron chi connectivity index (χ4n) is 2.44. The summed E-state index contributed by atoms with van der Waals surface area (Å²) < 4.78 is 16.1. The van der Waals surface area contributed by atoms with E-state index in [1.54, 1.807) is 0 Å². The molecule has 4 heteroatoms. The topological polar surface area (TPSA) is 48.1 Å². The van der Waals surface area contributed by atoms with Crippen LogP contribution in [0.4, 0.5) is 0 Å². The van der Waals surface area contributed by atoms with Gasteiger partial charge in [-0.2, -0.15) is 0 Å². The van der Waals surface area contributed by atoms with Gasteiger partial charge < -0.3 is 14.2 Å². The third-order valence-corrected chi connectivity index (χ3v) is 3.42. The Hall–Kier alpha value is -0.610. The second-order valence-electron chi connectivity index (χ2n) is 4.49. The molecule has 0 aliphatic carbocycles. The van der Waals surface area contributed by atoms with Crippen molar-refractivity contribution in [2.75, 3.05) is 13.2 Å². The molecule has 4 nitrogen and oxygen atoms in total. The zero-order valence-electron chi connectivity index (χ0n) is 9.54. The zero-order valence-corrected chi connectivity index (χ0v) is 9.54. The van der Waals surface area contributed by atoms with E-state index in [0.29, 0.717) is 13.2 Å². The molecule has 15 heavy (non-hydrogen) atoms. The molecular weight excluding hydrogens is 196 g/mol. The van der Waals surface area contributed by atoms with Crippen LogP contribution in [-0.2, 0) is 19.0 Å². The monoisotopic (exact) mass is 214 g/mol. The van der Waals surface area contributed by atoms with Crippen LogP contribution < -0.4 is 0 Å². The molecule has 2 aliphatic rings. The molecule has 0 amide bonds. The van der Waals surface area contributed by atoms with Crippen LogP contribution in [-0.4, -0.2) is 36.5 Å². The number of esters is 1. The Bertz CT molecular complexity index is 278. The van der Waals surface area contributed by atoms with E-state index in [1.807, 2.05) is 20.8 Å². The number of epoxide rings is 1. The van der Waals surface area contributed by atoms with Gasteiger partial charge in [-0.1, -0.05) is 0 Å². The van der Waals surface area contributed by atoms with Gasteiger partial charge in [0, 0.05) is 19.4 Å². The third-order valence-electron chi connectivity index (χ3n) is 3.42. The lowest BCUT2D eigenvalue weighted by Crippen LogP contribution is -2.39. The van der Waals surface area contributed by atoms with Crippen LogP contribution in [0.15, 0.2) is 0 Å². The van der Waals surface area contributed by atoms with Crippen LogP contribution in [0.2, 0.25) is 0 Å². The molecule has 0 saturated carbocycles. The highest BCUT2D eigenvalue weighted by atomic mass is 16.7. The largest absolute Gasteiger partial charge is 0.464 e. The molecule has 2 fully saturated rings. The minimum absolute atomic E-state index is 0.162. The summed E-state index contributed by atoms with van der Waals surface area (Å²) in [6.45, 7) is 6.70. The lowest BCUT2D eigenvalue weighted by Gasteiger charge is -2.26. The first-order chi connectivity index (χ1) is 7.04. The van der Waals surface area contributed by atoms with Gasteiger partial charge in [0.05, 0.1) is 12.7 Å². The van der Waals surface area contributed by atoms with Crippen LogP contribution >= 0.6 is 0 Å². The van der Waals surface area contributed by atoms with E-state index in [0.717, 1.165) is 12.8 Å². The highest BCUT2D eigenvalue weighted by Crippen LogP contribution is 2.55. The smallest absolute Gasteiger partial charge is 0.341 e. The minimum Gasteiger partial charge on any atom is -0.464 e. The van der Waals surface area contributed by atoms with Crippen molar-refractivity contribution >= 4 is 5.97 Å². The Labute approximate surface area is 89.9 Å². The fraction of sp³-hybridized carbons (Fsp3) is 0.909. The molecule has 2 saturated heterocycles. The Balaban J connectivity index is 2.05. The summed E-state index contributed by atoms with van der Waals surface area (Å²) in [6, 6.07) is 0. The minimum atomic E-state index is -0.735. The summed E-state index contributed by atoms with van der Waals surface area (Å²) in [5, 5.41) is 0. The first-order valence-corrected chi connectivity index (χ1v) is 5.53. The molecule has 2 aliphatic heterocycles. The molecule has 0 bridgehead atoms. The standard InChI is InChI=1S/C11H18O4/c1-4-13-9(12)10(3)11(15-10)5-6-14-8(2)7-11/h8H,4-7H2,1-3H3/t8-,10-,11-/m1/s1. The summed E-state index contributed by atoms with van der Waals surface area (Å²) in [4.78, 5) is 11.7. The number of hydrogen-bond donors (Lipinski definition) is 0. The van der Waals surface area contributed by atoms with Gasteiger partial charge in [0.2, 0.25) is 0 Å². The number of rotatable bonds is 2. The van der Waals surface area contributed by atoms with Crippen molar-refractivity contribution in [3.63, 3.8) is 0 Å². The normalized spacial score (nSPS) is 44.1. The maximum atomic E-state index is 11.7. The SMILES string of the molecule is CCOC(=O)[C@@]1(C)O[C@@]12CCO[C@H](C)C2. The lowest BCUT2D eigenvalue weighted by atomic mass is 9.85. The second kappa shape index (κ2) is 3.46. The molecule has 1 spiro atoms. The van der Waals surface area contributed by atoms with Crippen molar-refractivity contribution in [3.05, 3.63) is 0 Å². The number of carbonyl (C=O) groups is 1. The fourth-order valence-corrected chi connectivity index (χ4v) is 2.44. The maximum absolute atomic E-state index is 11.7. The summed E-state index contributed by atoms with van der Waals surface area (Å²) in [7, 11) is 0. The first kappa shape index (κ1) is 10.9. The average molecular weight is 214 g/mol. The number of carbonyl (C=O) groups excluding carboxylic acids is 1. The van der Waals surface area contributed by atoms with Gasteiger partial charge in [-0.25, -0.2) is 4.79 Å². The molecule has 3 atom stereocenters. The molecule has 0 radical (unpaired) electrons. The van der Waals surface area contributed by atoms with Crippen molar-refractivity contribution in [3.8, 4) is 0 Å². The van der Waals surface area contributed by atoms with E-state index in [4.69, 9.17) is 14.2 Å². The molecule has 0 N–H and O–H groups in total. The third kappa shape index (κ3) is 1.56. The molecule has 86 valence electrons. The molecule has 0 aromatic heterocycles. The Kier molecular flexibility index (Phi) is 2.51. The summed E-state index contributed by atoms with van der Waals surface area (Å²) in [5.41, 5.74) is -1.06. The van der Waals surface area contributed by atoms with Gasteiger partial charge in [0.25, 0.3) is 0 Å². The summed E-state index contributed by atoms with van der Waals surface area (Å²) >= 11 is 0. The van der Waals surface area contributed by atoms with Crippen LogP contribution in [0.1, 0.15) is 33.6 Å². The molecule has 2 rings (SSSR count). The first-order valence-electron chi connectivity index (χ1n) is 5.53. The maximum Gasteiger partial charge on any atom is 0.341 e. The van der Waals surface area contributed by atoms with Gasteiger partial charge in [0.15, 0.2) is 5.60 Å². The van der Waals surface area contributed by atoms with Crippen LogP contribution in [0.5, 0.6) is 0 Å². The predicted molar refractivity (Wildman–Crippen MR) is 53.5 cm³/mol. The lowest BCUT2D eigenvalue weighted by molar-refractivity contribution is -0.149. The summed E-state index contributed by atoms with van der Waals surface area (Å²) in [6.07, 6.45) is 1.73. The van der Waals surface area contributed by atoms with Gasteiger partial charge in [0.1, 0.15) is 5.60 Å². The van der Waals surface area contributed by atoms with E-state index < -0.39 is 5.60 Å². The van der Waals surface area contributed by atoms with Crippen molar-refractivity contribution in [1.82, 2.24) is 0 Å². The van der Waals surface area contributed by atoms with Crippen LogP contribution in [0.25, 0.3) is 0 Å². The van der Waals surface area contributed by atoms with Crippen molar-refractivity contribution in [2.45, 2.75) is 50.9 Å². The second-order valence-corrected chi connectivity index (χ2v) is 4.49. The molecule has 0 aromatic rings. The molecular formula is C11H18O4. The van der Waals surface area contributed by atoms with Crippen molar-refractivity contribution in [2.24, 2.45) is 0 Å². The van der Waals surface area contributed by atoms with Gasteiger partial charge in [-0.15, -0.1) is 0 Å². The summed E-state index contributed by atoms with van der Waals surface area (Å²) in [5.74, 6) is -0.237. The van der Waals surface area contributed by atoms with E-state index in [-0.39, 0.29) is 17.7 Å². The molecule has 0 aromatic carbocycles. The molecule has 0 unspecified atom stereocenters. The molecule has 2 heterocycles. The van der Waals surface area contributed by atoms with E-state index in [9.17, 15) is 4.79 Å². The Morgan fingerprint density at radius 2 is 2.33 bits per heavy atom. The highest BCUT2D eigenvalue weighted by Gasteiger charge is 2.73. The Morgan fingerprint density at radius 1 is 1.60 bits per heavy atom. The average Bonchev–Trinajstić information content (AvgIpc) is 2.72. The van der Waals surface area contributed by atoms with E-state index in [1.165, 1.54) is 0 Å². The van der Waals surface area contributed by atoms with Crippen LogP contribution in [0, 0.1) is 0 Å².